The molecule has 3 heterocycles. The smallest absolute Gasteiger partial charge is 0.409 e. The molecule has 2 aliphatic heterocycles. The molecule has 0 atom stereocenters. The van der Waals surface area contributed by atoms with Crippen molar-refractivity contribution in [3.63, 3.8) is 0 Å². The first-order valence-corrected chi connectivity index (χ1v) is 13.4. The molecule has 1 saturated carbocycles. The van der Waals surface area contributed by atoms with E-state index in [1.807, 2.05) is 9.80 Å². The van der Waals surface area contributed by atoms with Crippen molar-refractivity contribution in [2.24, 2.45) is 10.7 Å². The average Bonchev–Trinajstić information content (AvgIpc) is 3.79. The zero-order valence-electron chi connectivity index (χ0n) is 22.3. The fraction of sp³-hybridized carbons (Fsp3) is 0.500. The number of aliphatic imine (C=N–C) groups is 1. The van der Waals surface area contributed by atoms with Crippen LogP contribution in [0.4, 0.5) is 14.9 Å². The Bertz CT molecular complexity index is 1420. The topological polar surface area (TPSA) is 161 Å². The van der Waals surface area contributed by atoms with Gasteiger partial charge in [-0.25, -0.2) is 14.0 Å². The lowest BCUT2D eigenvalue weighted by molar-refractivity contribution is 0.0694. The molecule has 0 spiro atoms. The monoisotopic (exact) mass is 556 g/mol. The highest BCUT2D eigenvalue weighted by Crippen LogP contribution is 2.38. The summed E-state index contributed by atoms with van der Waals surface area (Å²) < 4.78 is 22.1. The molecule has 3 fully saturated rings. The first kappa shape index (κ1) is 27.2. The fourth-order valence-electron chi connectivity index (χ4n) is 5.15. The van der Waals surface area contributed by atoms with Crippen LogP contribution in [0.3, 0.4) is 0 Å². The van der Waals surface area contributed by atoms with Gasteiger partial charge in [0.05, 0.1) is 17.8 Å². The van der Waals surface area contributed by atoms with Crippen LogP contribution in [0.15, 0.2) is 28.1 Å². The van der Waals surface area contributed by atoms with Gasteiger partial charge in [0.1, 0.15) is 11.4 Å². The van der Waals surface area contributed by atoms with E-state index in [0.29, 0.717) is 70.2 Å². The van der Waals surface area contributed by atoms with Crippen LogP contribution in [-0.4, -0.2) is 107 Å². The molecular formula is C26H33FN8O5. The Morgan fingerprint density at radius 1 is 1.07 bits per heavy atom. The molecule has 0 bridgehead atoms. The highest BCUT2D eigenvalue weighted by molar-refractivity contribution is 5.94. The maximum atomic E-state index is 15.3. The number of ether oxygens (including phenoxy) is 1. The van der Waals surface area contributed by atoms with Gasteiger partial charge in [-0.05, 0) is 31.9 Å². The molecule has 40 heavy (non-hydrogen) atoms. The van der Waals surface area contributed by atoms with Crippen molar-refractivity contribution in [2.75, 3.05) is 63.9 Å². The lowest BCUT2D eigenvalue weighted by Crippen LogP contribution is -2.53. The number of benzene rings is 1. The average molecular weight is 557 g/mol. The number of guanidine groups is 2. The molecule has 2 aromatic rings. The summed E-state index contributed by atoms with van der Waals surface area (Å²) in [6.07, 6.45) is 2.75. The summed E-state index contributed by atoms with van der Waals surface area (Å²) in [6, 6.07) is 2.86. The third-order valence-electron chi connectivity index (χ3n) is 7.54. The number of hydrogen-bond donors (Lipinski definition) is 3. The van der Waals surface area contributed by atoms with Crippen molar-refractivity contribution in [3.8, 4) is 0 Å². The molecular weight excluding hydrogens is 523 g/mol. The van der Waals surface area contributed by atoms with Gasteiger partial charge < -0.3 is 39.7 Å². The number of carbonyl (C=O) groups excluding carboxylic acids is 1. The molecule has 5 rings (SSSR count). The number of fused-ring (bicyclic) bond motifs is 1. The van der Waals surface area contributed by atoms with Crippen LogP contribution in [0.1, 0.15) is 36.2 Å². The standard InChI is InChI=1S/C26H33FN8O5/c1-2-40-26(39)34-11-9-33(10-12-34)25(29)30-24(28)32-7-5-31(6-8-32)21-14-20-17(13-19(21)27)22(36)18(23(37)38)15-35(20)16-3-4-16/h13-16H,2-12H2,1H3,(H,37,38)(H3,28,29,30). The summed E-state index contributed by atoms with van der Waals surface area (Å²) in [4.78, 5) is 47.5. The summed E-state index contributed by atoms with van der Waals surface area (Å²) >= 11 is 0. The number of carboxylic acids is 1. The van der Waals surface area contributed by atoms with Gasteiger partial charge in [0.2, 0.25) is 11.4 Å². The molecule has 0 unspecified atom stereocenters. The van der Waals surface area contributed by atoms with E-state index < -0.39 is 17.2 Å². The van der Waals surface area contributed by atoms with Gasteiger partial charge in [0, 0.05) is 70.0 Å². The van der Waals surface area contributed by atoms with Gasteiger partial charge >= 0.3 is 12.1 Å². The number of aromatic carboxylic acids is 1. The van der Waals surface area contributed by atoms with Crippen molar-refractivity contribution < 1.29 is 23.8 Å². The number of aromatic nitrogens is 1. The number of piperazine rings is 2. The third kappa shape index (κ3) is 5.38. The second-order valence-corrected chi connectivity index (χ2v) is 10.1. The van der Waals surface area contributed by atoms with Gasteiger partial charge in [-0.2, -0.15) is 4.99 Å². The molecule has 13 nitrogen and oxygen atoms in total. The number of pyridine rings is 1. The number of anilines is 1. The Morgan fingerprint density at radius 3 is 2.30 bits per heavy atom. The van der Waals surface area contributed by atoms with E-state index in [-0.39, 0.29) is 35.0 Å². The number of carboxylic acid groups (broad SMARTS) is 1. The van der Waals surface area contributed by atoms with Crippen LogP contribution < -0.4 is 16.1 Å². The number of amides is 1. The van der Waals surface area contributed by atoms with E-state index in [1.165, 1.54) is 6.20 Å². The highest BCUT2D eigenvalue weighted by Gasteiger charge is 2.29. The molecule has 1 aromatic heterocycles. The fourth-order valence-corrected chi connectivity index (χ4v) is 5.15. The molecule has 2 saturated heterocycles. The lowest BCUT2D eigenvalue weighted by Gasteiger charge is -2.37. The molecule has 0 radical (unpaired) electrons. The highest BCUT2D eigenvalue weighted by atomic mass is 19.1. The summed E-state index contributed by atoms with van der Waals surface area (Å²) in [7, 11) is 0. The van der Waals surface area contributed by atoms with Crippen LogP contribution in [0.2, 0.25) is 0 Å². The van der Waals surface area contributed by atoms with E-state index in [1.54, 1.807) is 27.4 Å². The largest absolute Gasteiger partial charge is 0.477 e. The Balaban J connectivity index is 1.25. The number of hydrogen-bond acceptors (Lipinski definition) is 6. The van der Waals surface area contributed by atoms with E-state index in [2.05, 4.69) is 4.99 Å². The predicted octanol–water partition coefficient (Wildman–Crippen LogP) is 1.32. The van der Waals surface area contributed by atoms with Crippen molar-refractivity contribution in [2.45, 2.75) is 25.8 Å². The van der Waals surface area contributed by atoms with Crippen LogP contribution in [0.5, 0.6) is 0 Å². The van der Waals surface area contributed by atoms with Crippen molar-refractivity contribution in [1.29, 1.82) is 5.41 Å². The Hall–Kier alpha value is -4.36. The maximum absolute atomic E-state index is 15.3. The SMILES string of the molecule is CCOC(=O)N1CCN(C(N)=NC(=N)N2CCN(c3cc4c(cc3F)c(=O)c(C(=O)O)cn4C3CC3)CC2)CC1. The van der Waals surface area contributed by atoms with Crippen molar-refractivity contribution >= 4 is 40.6 Å². The van der Waals surface area contributed by atoms with Gasteiger partial charge in [-0.1, -0.05) is 0 Å². The van der Waals surface area contributed by atoms with Crippen LogP contribution >= 0.6 is 0 Å². The second kappa shape index (κ2) is 11.0. The Labute approximate surface area is 229 Å². The first-order chi connectivity index (χ1) is 19.2. The lowest BCUT2D eigenvalue weighted by atomic mass is 10.1. The van der Waals surface area contributed by atoms with Crippen LogP contribution in [0.25, 0.3) is 10.9 Å². The first-order valence-electron chi connectivity index (χ1n) is 13.4. The van der Waals surface area contributed by atoms with Crippen LogP contribution in [0, 0.1) is 11.2 Å². The molecule has 214 valence electrons. The summed E-state index contributed by atoms with van der Waals surface area (Å²) in [6.45, 7) is 5.60. The molecule has 4 N–H and O–H groups in total. The Kier molecular flexibility index (Phi) is 7.50. The molecule has 14 heteroatoms. The van der Waals surface area contributed by atoms with E-state index >= 15 is 4.39 Å². The van der Waals surface area contributed by atoms with Gasteiger partial charge in [-0.15, -0.1) is 0 Å². The summed E-state index contributed by atoms with van der Waals surface area (Å²) in [5.41, 5.74) is 5.96. The van der Waals surface area contributed by atoms with Crippen LogP contribution in [-0.2, 0) is 4.74 Å². The zero-order valence-corrected chi connectivity index (χ0v) is 22.3. The van der Waals surface area contributed by atoms with E-state index in [9.17, 15) is 19.5 Å². The predicted molar refractivity (Wildman–Crippen MR) is 147 cm³/mol. The minimum absolute atomic E-state index is 0.00716. The number of carbonyl (C=O) groups is 2. The summed E-state index contributed by atoms with van der Waals surface area (Å²) in [5, 5.41) is 18.0. The number of rotatable bonds is 4. The Morgan fingerprint density at radius 2 is 1.70 bits per heavy atom. The number of halogens is 1. The van der Waals surface area contributed by atoms with E-state index in [0.717, 1.165) is 18.9 Å². The molecule has 1 aliphatic carbocycles. The second-order valence-electron chi connectivity index (χ2n) is 10.1. The normalized spacial score (nSPS) is 18.3. The zero-order chi connectivity index (χ0) is 28.6. The van der Waals surface area contributed by atoms with Crippen molar-refractivity contribution in [1.82, 2.24) is 19.3 Å². The molecule has 1 aromatic carbocycles. The number of nitrogens with two attached hydrogens (primary N) is 1. The van der Waals surface area contributed by atoms with Gasteiger partial charge in [0.25, 0.3) is 0 Å². The molecule has 3 aliphatic rings. The number of nitrogens with one attached hydrogen (secondary N) is 1. The maximum Gasteiger partial charge on any atom is 0.409 e. The van der Waals surface area contributed by atoms with Gasteiger partial charge in [-0.3, -0.25) is 10.2 Å². The minimum Gasteiger partial charge on any atom is -0.477 e. The molecule has 1 amide bonds. The third-order valence-corrected chi connectivity index (χ3v) is 7.54. The quantitative estimate of drug-likeness (QED) is 0.373. The van der Waals surface area contributed by atoms with Crippen molar-refractivity contribution in [3.05, 3.63) is 39.9 Å². The van der Waals surface area contributed by atoms with Gasteiger partial charge in [0.15, 0.2) is 5.96 Å². The number of nitrogens with zero attached hydrogens (tertiary/aromatic N) is 6. The van der Waals surface area contributed by atoms with E-state index in [4.69, 9.17) is 15.9 Å². The summed E-state index contributed by atoms with van der Waals surface area (Å²) in [5.74, 6) is -1.71. The minimum atomic E-state index is -1.33.